The van der Waals surface area contributed by atoms with Crippen LogP contribution >= 0.6 is 0 Å². The number of pyridine rings is 1. The number of benzene rings is 2. The Bertz CT molecular complexity index is 1490. The average molecular weight is 579 g/mol. The first-order valence-electron chi connectivity index (χ1n) is 14.3. The van der Waals surface area contributed by atoms with Crippen molar-refractivity contribution in [1.82, 2.24) is 15.2 Å². The average Bonchev–Trinajstić information content (AvgIpc) is 3.56. The summed E-state index contributed by atoms with van der Waals surface area (Å²) < 4.78 is 41.7. The summed E-state index contributed by atoms with van der Waals surface area (Å²) in [6.45, 7) is 4.98. The molecule has 2 saturated heterocycles. The topological polar surface area (TPSA) is 74.8 Å². The lowest BCUT2D eigenvalue weighted by molar-refractivity contribution is -0.274. The number of ether oxygens (including phenoxy) is 1. The minimum Gasteiger partial charge on any atom is -0.406 e. The molecule has 10 heteroatoms. The molecule has 1 aromatic heterocycles. The normalized spacial score (nSPS) is 19.6. The summed E-state index contributed by atoms with van der Waals surface area (Å²) in [5.41, 5.74) is 4.62. The quantitative estimate of drug-likeness (QED) is 0.412. The molecule has 0 unspecified atom stereocenters. The van der Waals surface area contributed by atoms with Gasteiger partial charge in [-0.15, -0.1) is 13.2 Å². The summed E-state index contributed by atoms with van der Waals surface area (Å²) in [4.78, 5) is 35.2. The van der Waals surface area contributed by atoms with E-state index in [2.05, 4.69) is 19.9 Å². The molecular weight excluding hydrogens is 545 g/mol. The van der Waals surface area contributed by atoms with Gasteiger partial charge in [-0.3, -0.25) is 14.6 Å². The van der Waals surface area contributed by atoms with E-state index in [0.29, 0.717) is 17.5 Å². The van der Waals surface area contributed by atoms with Crippen molar-refractivity contribution in [3.05, 3.63) is 88.7 Å². The van der Waals surface area contributed by atoms with Crippen molar-refractivity contribution in [3.8, 4) is 5.75 Å². The lowest BCUT2D eigenvalue weighted by atomic mass is 9.77. The number of likely N-dealkylation sites (tertiary alicyclic amines) is 1. The molecule has 3 aromatic rings. The number of aromatic nitrogens is 1. The number of hydrogen-bond acceptors (Lipinski definition) is 5. The zero-order chi connectivity index (χ0) is 29.5. The number of aryl methyl sites for hydroxylation is 2. The Morgan fingerprint density at radius 2 is 1.74 bits per heavy atom. The van der Waals surface area contributed by atoms with Crippen LogP contribution in [0.15, 0.2) is 60.9 Å². The standard InChI is InChI=1S/C32H33F3N4O3/c1-21-18-25(42-32(33,34)35)5-6-26(21)29(40)37-28-7-4-22-2-3-23(19-27(22)28)30(41)39-17-12-31(20-39)10-15-38(16-11-31)24-8-13-36-14-9-24/h2-3,5-6,8-9,13-14,18-19,28H,4,7,10-12,15-17,20H2,1H3,(H,37,40)/t28-/m1/s1. The fourth-order valence-electron chi connectivity index (χ4n) is 6.70. The number of hydrogen-bond donors (Lipinski definition) is 1. The Hall–Kier alpha value is -4.08. The van der Waals surface area contributed by atoms with E-state index in [1.165, 1.54) is 17.8 Å². The summed E-state index contributed by atoms with van der Waals surface area (Å²) in [6, 6.07) is 13.2. The molecule has 1 atom stereocenters. The van der Waals surface area contributed by atoms with Crippen LogP contribution in [0.4, 0.5) is 18.9 Å². The van der Waals surface area contributed by atoms with E-state index in [9.17, 15) is 22.8 Å². The second-order valence-corrected chi connectivity index (χ2v) is 11.7. The monoisotopic (exact) mass is 578 g/mol. The van der Waals surface area contributed by atoms with E-state index in [4.69, 9.17) is 0 Å². The summed E-state index contributed by atoms with van der Waals surface area (Å²) in [5.74, 6) is -0.728. The zero-order valence-corrected chi connectivity index (χ0v) is 23.4. The molecule has 3 heterocycles. The summed E-state index contributed by atoms with van der Waals surface area (Å²) >= 11 is 0. The first-order valence-corrected chi connectivity index (χ1v) is 14.3. The highest BCUT2D eigenvalue weighted by Crippen LogP contribution is 2.42. The van der Waals surface area contributed by atoms with Gasteiger partial charge in [0.05, 0.1) is 6.04 Å². The van der Waals surface area contributed by atoms with Crippen molar-refractivity contribution < 1.29 is 27.5 Å². The molecule has 7 nitrogen and oxygen atoms in total. The molecule has 3 aliphatic rings. The van der Waals surface area contributed by atoms with Gasteiger partial charge in [-0.05, 0) is 104 Å². The SMILES string of the molecule is Cc1cc(OC(F)(F)F)ccc1C(=O)N[C@@H]1CCc2ccc(C(=O)N3CCC4(CCN(c5ccncc5)CC4)C3)cc21. The van der Waals surface area contributed by atoms with Crippen LogP contribution in [0.1, 0.15) is 69.1 Å². The van der Waals surface area contributed by atoms with E-state index in [1.807, 2.05) is 47.6 Å². The highest BCUT2D eigenvalue weighted by Gasteiger charge is 2.42. The number of piperidine rings is 1. The molecule has 6 rings (SSSR count). The van der Waals surface area contributed by atoms with Crippen LogP contribution in [-0.2, 0) is 6.42 Å². The molecule has 220 valence electrons. The van der Waals surface area contributed by atoms with Crippen molar-refractivity contribution in [2.24, 2.45) is 5.41 Å². The number of rotatable bonds is 5. The molecule has 2 aliphatic heterocycles. The van der Waals surface area contributed by atoms with E-state index < -0.39 is 6.36 Å². The smallest absolute Gasteiger partial charge is 0.406 e. The Morgan fingerprint density at radius 1 is 1.00 bits per heavy atom. The summed E-state index contributed by atoms with van der Waals surface area (Å²) in [5, 5.41) is 3.02. The van der Waals surface area contributed by atoms with Crippen LogP contribution in [-0.4, -0.2) is 54.2 Å². The number of halogens is 3. The Morgan fingerprint density at radius 3 is 2.45 bits per heavy atom. The first kappa shape index (κ1) is 28.1. The van der Waals surface area contributed by atoms with Crippen molar-refractivity contribution >= 4 is 17.5 Å². The second kappa shape index (κ2) is 11.0. The minimum absolute atomic E-state index is 0.0133. The van der Waals surface area contributed by atoms with Crippen LogP contribution in [0.3, 0.4) is 0 Å². The van der Waals surface area contributed by atoms with Crippen molar-refractivity contribution in [2.45, 2.75) is 51.4 Å². The van der Waals surface area contributed by atoms with Gasteiger partial charge in [0, 0.05) is 55.4 Å². The maximum Gasteiger partial charge on any atom is 0.573 e. The molecule has 0 bridgehead atoms. The van der Waals surface area contributed by atoms with Gasteiger partial charge in [-0.2, -0.15) is 0 Å². The van der Waals surface area contributed by atoms with E-state index in [-0.39, 0.29) is 34.6 Å². The molecule has 1 aliphatic carbocycles. The fraction of sp³-hybridized carbons (Fsp3) is 0.406. The molecule has 2 amide bonds. The lowest BCUT2D eigenvalue weighted by Crippen LogP contribution is -2.42. The van der Waals surface area contributed by atoms with E-state index in [1.54, 1.807) is 6.92 Å². The lowest BCUT2D eigenvalue weighted by Gasteiger charge is -2.40. The van der Waals surface area contributed by atoms with Crippen LogP contribution in [0.2, 0.25) is 0 Å². The maximum absolute atomic E-state index is 13.6. The molecule has 42 heavy (non-hydrogen) atoms. The van der Waals surface area contributed by atoms with Crippen LogP contribution in [0, 0.1) is 12.3 Å². The number of nitrogens with zero attached hydrogens (tertiary/aromatic N) is 3. The summed E-state index contributed by atoms with van der Waals surface area (Å²) in [7, 11) is 0. The van der Waals surface area contributed by atoms with Crippen LogP contribution in [0.25, 0.3) is 0 Å². The van der Waals surface area contributed by atoms with Crippen molar-refractivity contribution in [3.63, 3.8) is 0 Å². The van der Waals surface area contributed by atoms with E-state index in [0.717, 1.165) is 69.1 Å². The Kier molecular flexibility index (Phi) is 7.32. The van der Waals surface area contributed by atoms with Gasteiger partial charge in [0.25, 0.3) is 11.8 Å². The van der Waals surface area contributed by atoms with E-state index >= 15 is 0 Å². The Balaban J connectivity index is 1.10. The van der Waals surface area contributed by atoms with Gasteiger partial charge in [-0.1, -0.05) is 6.07 Å². The van der Waals surface area contributed by atoms with Gasteiger partial charge in [0.15, 0.2) is 0 Å². The number of fused-ring (bicyclic) bond motifs is 1. The van der Waals surface area contributed by atoms with Crippen LogP contribution in [0.5, 0.6) is 5.75 Å². The second-order valence-electron chi connectivity index (χ2n) is 11.7. The van der Waals surface area contributed by atoms with Crippen molar-refractivity contribution in [2.75, 3.05) is 31.1 Å². The molecule has 2 aromatic carbocycles. The molecule has 2 fully saturated rings. The van der Waals surface area contributed by atoms with Gasteiger partial charge < -0.3 is 19.9 Å². The predicted octanol–water partition coefficient (Wildman–Crippen LogP) is 5.84. The Labute approximate surface area is 242 Å². The molecule has 0 saturated carbocycles. The number of alkyl halides is 3. The fourth-order valence-corrected chi connectivity index (χ4v) is 6.70. The number of carbonyl (C=O) groups excluding carboxylic acids is 2. The minimum atomic E-state index is -4.80. The summed E-state index contributed by atoms with van der Waals surface area (Å²) in [6.07, 6.45) is 3.38. The number of anilines is 1. The van der Waals surface area contributed by atoms with Crippen molar-refractivity contribution in [1.29, 1.82) is 0 Å². The third-order valence-electron chi connectivity index (χ3n) is 9.03. The predicted molar refractivity (Wildman–Crippen MR) is 151 cm³/mol. The third-order valence-corrected chi connectivity index (χ3v) is 9.03. The molecule has 1 N–H and O–H groups in total. The van der Waals surface area contributed by atoms with Gasteiger partial charge in [-0.25, -0.2) is 0 Å². The number of nitrogens with one attached hydrogen (secondary N) is 1. The number of carbonyl (C=O) groups is 2. The largest absolute Gasteiger partial charge is 0.573 e. The van der Waals surface area contributed by atoms with Gasteiger partial charge in [0.2, 0.25) is 0 Å². The third kappa shape index (κ3) is 5.80. The maximum atomic E-state index is 13.6. The highest BCUT2D eigenvalue weighted by molar-refractivity contribution is 5.97. The van der Waals surface area contributed by atoms with Crippen LogP contribution < -0.4 is 15.0 Å². The molecule has 1 spiro atoms. The highest BCUT2D eigenvalue weighted by atomic mass is 19.4. The number of amides is 2. The first-order chi connectivity index (χ1) is 20.1. The molecular formula is C32H33F3N4O3. The zero-order valence-electron chi connectivity index (χ0n) is 23.4. The van der Waals surface area contributed by atoms with Gasteiger partial charge >= 0.3 is 6.36 Å². The van der Waals surface area contributed by atoms with Gasteiger partial charge in [0.1, 0.15) is 5.75 Å². The molecule has 0 radical (unpaired) electrons.